The second kappa shape index (κ2) is 3.51. The molecule has 0 spiro atoms. The van der Waals surface area contributed by atoms with Crippen LogP contribution in [0.4, 0.5) is 0 Å². The summed E-state index contributed by atoms with van der Waals surface area (Å²) in [5, 5.41) is 18.3. The highest BCUT2D eigenvalue weighted by molar-refractivity contribution is 5.65. The quantitative estimate of drug-likeness (QED) is 0.755. The van der Waals surface area contributed by atoms with Crippen molar-refractivity contribution in [3.63, 3.8) is 0 Å². The van der Waals surface area contributed by atoms with E-state index in [1.807, 2.05) is 0 Å². The summed E-state index contributed by atoms with van der Waals surface area (Å²) in [4.78, 5) is 3.98. The van der Waals surface area contributed by atoms with Crippen molar-refractivity contribution in [2.24, 2.45) is 0 Å². The summed E-state index contributed by atoms with van der Waals surface area (Å²) in [6.07, 6.45) is 1.40. The Balaban J connectivity index is 2.44. The van der Waals surface area contributed by atoms with Crippen LogP contribution < -0.4 is 0 Å². The van der Waals surface area contributed by atoms with Crippen LogP contribution in [0.2, 0.25) is 0 Å². The number of nitrogens with zero attached hydrogens (tertiary/aromatic N) is 1. The monoisotopic (exact) mass is 191 g/mol. The zero-order chi connectivity index (χ0) is 9.97. The van der Waals surface area contributed by atoms with Crippen molar-refractivity contribution in [1.29, 1.82) is 0 Å². The molecule has 1 aromatic carbocycles. The van der Waals surface area contributed by atoms with Crippen LogP contribution in [0.5, 0.6) is 5.75 Å². The summed E-state index contributed by atoms with van der Waals surface area (Å²) in [5.41, 5.74) is 1.11. The molecule has 2 aromatic rings. The van der Waals surface area contributed by atoms with Crippen molar-refractivity contribution < 1.29 is 14.6 Å². The molecule has 2 N–H and O–H groups in total. The van der Waals surface area contributed by atoms with Crippen LogP contribution in [0.1, 0.15) is 5.89 Å². The van der Waals surface area contributed by atoms with E-state index >= 15 is 0 Å². The fourth-order valence-electron chi connectivity index (χ4n) is 1.20. The van der Waals surface area contributed by atoms with Crippen molar-refractivity contribution in [1.82, 2.24) is 4.98 Å². The Hall–Kier alpha value is -1.81. The van der Waals surface area contributed by atoms with Crippen LogP contribution in [0.15, 0.2) is 34.9 Å². The number of rotatable bonds is 2. The molecule has 0 fully saturated rings. The number of aliphatic hydroxyl groups excluding tert-OH is 1. The highest BCUT2D eigenvalue weighted by Gasteiger charge is 2.08. The topological polar surface area (TPSA) is 66.5 Å². The van der Waals surface area contributed by atoms with Gasteiger partial charge in [0, 0.05) is 5.56 Å². The van der Waals surface area contributed by atoms with Crippen LogP contribution in [0.25, 0.3) is 11.3 Å². The fourth-order valence-corrected chi connectivity index (χ4v) is 1.20. The van der Waals surface area contributed by atoms with Crippen molar-refractivity contribution in [2.75, 3.05) is 0 Å². The maximum Gasteiger partial charge on any atom is 0.220 e. The summed E-state index contributed by atoms with van der Waals surface area (Å²) in [7, 11) is 0. The average Bonchev–Trinajstić information content (AvgIpc) is 2.67. The van der Waals surface area contributed by atoms with E-state index in [0.29, 0.717) is 11.3 Å². The van der Waals surface area contributed by atoms with Gasteiger partial charge < -0.3 is 14.6 Å². The first-order chi connectivity index (χ1) is 6.81. The van der Waals surface area contributed by atoms with Crippen LogP contribution in [0.3, 0.4) is 0 Å². The van der Waals surface area contributed by atoms with Crippen LogP contribution in [-0.2, 0) is 6.61 Å². The van der Waals surface area contributed by atoms with Crippen molar-refractivity contribution in [3.05, 3.63) is 36.4 Å². The number of phenolic OH excluding ortho intramolecular Hbond substituents is 1. The van der Waals surface area contributed by atoms with Gasteiger partial charge in [0.1, 0.15) is 24.3 Å². The molecule has 14 heavy (non-hydrogen) atoms. The van der Waals surface area contributed by atoms with E-state index in [0.717, 1.165) is 0 Å². The third-order valence-electron chi connectivity index (χ3n) is 1.87. The molecule has 0 aliphatic heterocycles. The van der Waals surface area contributed by atoms with Gasteiger partial charge in [0.25, 0.3) is 0 Å². The molecule has 0 aliphatic carbocycles. The van der Waals surface area contributed by atoms with Gasteiger partial charge >= 0.3 is 0 Å². The maximum absolute atomic E-state index is 9.50. The molecule has 2 rings (SSSR count). The molecule has 4 heteroatoms. The largest absolute Gasteiger partial charge is 0.507 e. The van der Waals surface area contributed by atoms with Crippen molar-refractivity contribution in [2.45, 2.75) is 6.61 Å². The Labute approximate surface area is 80.5 Å². The summed E-state index contributed by atoms with van der Waals surface area (Å²) in [6.45, 7) is -0.242. The van der Waals surface area contributed by atoms with Gasteiger partial charge in [0.15, 0.2) is 0 Å². The highest BCUT2D eigenvalue weighted by atomic mass is 16.4. The van der Waals surface area contributed by atoms with Crippen molar-refractivity contribution in [3.8, 4) is 17.0 Å². The van der Waals surface area contributed by atoms with Crippen LogP contribution in [-0.4, -0.2) is 15.2 Å². The SMILES string of the molecule is OCc1nc(-c2ccccc2O)co1. The molecule has 0 bridgehead atoms. The van der Waals surface area contributed by atoms with Gasteiger partial charge in [0.05, 0.1) is 0 Å². The molecular weight excluding hydrogens is 182 g/mol. The molecule has 0 unspecified atom stereocenters. The number of hydrogen-bond donors (Lipinski definition) is 2. The van der Waals surface area contributed by atoms with E-state index in [1.165, 1.54) is 6.26 Å². The summed E-state index contributed by atoms with van der Waals surface area (Å²) < 4.78 is 4.95. The lowest BCUT2D eigenvalue weighted by Crippen LogP contribution is -1.83. The minimum atomic E-state index is -0.242. The third-order valence-corrected chi connectivity index (χ3v) is 1.87. The lowest BCUT2D eigenvalue weighted by atomic mass is 10.1. The predicted molar refractivity (Wildman–Crippen MR) is 49.5 cm³/mol. The fraction of sp³-hybridized carbons (Fsp3) is 0.100. The molecule has 4 nitrogen and oxygen atoms in total. The van der Waals surface area contributed by atoms with Crippen LogP contribution >= 0.6 is 0 Å². The third kappa shape index (κ3) is 1.47. The summed E-state index contributed by atoms with van der Waals surface area (Å²) in [6, 6.07) is 6.82. The minimum absolute atomic E-state index is 0.144. The molecule has 1 heterocycles. The van der Waals surface area contributed by atoms with Crippen molar-refractivity contribution >= 4 is 0 Å². The number of aromatic hydroxyl groups is 1. The average molecular weight is 191 g/mol. The molecule has 72 valence electrons. The molecule has 0 radical (unpaired) electrons. The molecule has 0 aliphatic rings. The Bertz CT molecular complexity index is 436. The standard InChI is InChI=1S/C10H9NO3/c12-5-10-11-8(6-14-10)7-3-1-2-4-9(7)13/h1-4,6,12-13H,5H2. The maximum atomic E-state index is 9.50. The van der Waals surface area contributed by atoms with E-state index in [4.69, 9.17) is 9.52 Å². The van der Waals surface area contributed by atoms with Gasteiger partial charge in [-0.15, -0.1) is 0 Å². The normalized spacial score (nSPS) is 10.4. The number of oxazole rings is 1. The lowest BCUT2D eigenvalue weighted by Gasteiger charge is -1.97. The number of hydrogen-bond acceptors (Lipinski definition) is 4. The number of benzene rings is 1. The van der Waals surface area contributed by atoms with Gasteiger partial charge in [-0.05, 0) is 12.1 Å². The van der Waals surface area contributed by atoms with E-state index in [2.05, 4.69) is 4.98 Å². The number of para-hydroxylation sites is 1. The van der Waals surface area contributed by atoms with Gasteiger partial charge in [-0.25, -0.2) is 4.98 Å². The Morgan fingerprint density at radius 3 is 2.71 bits per heavy atom. The molecular formula is C10H9NO3. The minimum Gasteiger partial charge on any atom is -0.507 e. The van der Waals surface area contributed by atoms with Gasteiger partial charge in [-0.1, -0.05) is 12.1 Å². The van der Waals surface area contributed by atoms with Gasteiger partial charge in [0.2, 0.25) is 5.89 Å². The smallest absolute Gasteiger partial charge is 0.220 e. The first-order valence-corrected chi connectivity index (χ1v) is 4.15. The van der Waals surface area contributed by atoms with E-state index < -0.39 is 0 Å². The molecule has 1 aromatic heterocycles. The lowest BCUT2D eigenvalue weighted by molar-refractivity contribution is 0.240. The predicted octanol–water partition coefficient (Wildman–Crippen LogP) is 1.54. The Kier molecular flexibility index (Phi) is 2.20. The molecule has 0 saturated carbocycles. The zero-order valence-electron chi connectivity index (χ0n) is 7.34. The zero-order valence-corrected chi connectivity index (χ0v) is 7.34. The number of aliphatic hydroxyl groups is 1. The summed E-state index contributed by atoms with van der Waals surface area (Å²) in [5.74, 6) is 0.383. The highest BCUT2D eigenvalue weighted by Crippen LogP contribution is 2.27. The first kappa shape index (κ1) is 8.77. The Morgan fingerprint density at radius 2 is 2.07 bits per heavy atom. The summed E-state index contributed by atoms with van der Waals surface area (Å²) >= 11 is 0. The molecule has 0 saturated heterocycles. The first-order valence-electron chi connectivity index (χ1n) is 4.15. The van der Waals surface area contributed by atoms with E-state index in [9.17, 15) is 5.11 Å². The molecule has 0 amide bonds. The van der Waals surface area contributed by atoms with Crippen LogP contribution in [0, 0.1) is 0 Å². The number of aromatic nitrogens is 1. The van der Waals surface area contributed by atoms with E-state index in [1.54, 1.807) is 24.3 Å². The van der Waals surface area contributed by atoms with E-state index in [-0.39, 0.29) is 18.2 Å². The van der Waals surface area contributed by atoms with Gasteiger partial charge in [-0.2, -0.15) is 0 Å². The van der Waals surface area contributed by atoms with Gasteiger partial charge in [-0.3, -0.25) is 0 Å². The molecule has 0 atom stereocenters. The number of phenols is 1. The second-order valence-corrected chi connectivity index (χ2v) is 2.80. The Morgan fingerprint density at radius 1 is 1.29 bits per heavy atom. The second-order valence-electron chi connectivity index (χ2n) is 2.80.